The van der Waals surface area contributed by atoms with Crippen LogP contribution >= 0.6 is 11.6 Å². The predicted molar refractivity (Wildman–Crippen MR) is 75.9 cm³/mol. The molecule has 2 heterocycles. The summed E-state index contributed by atoms with van der Waals surface area (Å²) < 4.78 is 5.04. The fourth-order valence-corrected chi connectivity index (χ4v) is 3.19. The average Bonchev–Trinajstić information content (AvgIpc) is 2.76. The number of aliphatic hydroxyl groups excluding tert-OH is 1. The van der Waals surface area contributed by atoms with E-state index in [0.717, 1.165) is 29.8 Å². The number of rotatable bonds is 4. The SMILES string of the molecule is Cc1c([C@@H](O)CN2CC(CCl)C2)ccc2c1COC2=O. The van der Waals surface area contributed by atoms with Gasteiger partial charge in [0.2, 0.25) is 0 Å². The van der Waals surface area contributed by atoms with Gasteiger partial charge in [0, 0.05) is 31.1 Å². The van der Waals surface area contributed by atoms with Crippen LogP contribution in [0.4, 0.5) is 0 Å². The Morgan fingerprint density at radius 1 is 1.50 bits per heavy atom. The molecule has 0 spiro atoms. The summed E-state index contributed by atoms with van der Waals surface area (Å²) in [5, 5.41) is 10.4. The van der Waals surface area contributed by atoms with E-state index >= 15 is 0 Å². The molecule has 0 aliphatic carbocycles. The molecule has 2 aliphatic rings. The quantitative estimate of drug-likeness (QED) is 0.680. The van der Waals surface area contributed by atoms with Crippen LogP contribution in [0.5, 0.6) is 0 Å². The van der Waals surface area contributed by atoms with Gasteiger partial charge < -0.3 is 9.84 Å². The molecule has 1 atom stereocenters. The largest absolute Gasteiger partial charge is 0.457 e. The molecule has 4 nitrogen and oxygen atoms in total. The number of hydrogen-bond donors (Lipinski definition) is 1. The fourth-order valence-electron chi connectivity index (χ4n) is 3.00. The predicted octanol–water partition coefficient (Wildman–Crippen LogP) is 1.87. The van der Waals surface area contributed by atoms with E-state index in [1.807, 2.05) is 13.0 Å². The van der Waals surface area contributed by atoms with Gasteiger partial charge in [0.15, 0.2) is 0 Å². The van der Waals surface area contributed by atoms with E-state index in [2.05, 4.69) is 4.90 Å². The molecular formula is C15H18ClNO3. The summed E-state index contributed by atoms with van der Waals surface area (Å²) in [5.74, 6) is 0.969. The highest BCUT2D eigenvalue weighted by Gasteiger charge is 2.30. The zero-order valence-electron chi connectivity index (χ0n) is 11.4. The molecule has 1 N–H and O–H groups in total. The number of aliphatic hydroxyl groups is 1. The zero-order chi connectivity index (χ0) is 14.3. The number of cyclic esters (lactones) is 1. The van der Waals surface area contributed by atoms with E-state index < -0.39 is 6.10 Å². The second-order valence-corrected chi connectivity index (χ2v) is 5.95. The monoisotopic (exact) mass is 295 g/mol. The Kier molecular flexibility index (Phi) is 3.71. The summed E-state index contributed by atoms with van der Waals surface area (Å²) in [7, 11) is 0. The minimum Gasteiger partial charge on any atom is -0.457 e. The fraction of sp³-hybridized carbons (Fsp3) is 0.533. The first-order valence-electron chi connectivity index (χ1n) is 6.86. The number of fused-ring (bicyclic) bond motifs is 1. The average molecular weight is 296 g/mol. The highest BCUT2D eigenvalue weighted by molar-refractivity contribution is 6.18. The number of hydrogen-bond acceptors (Lipinski definition) is 4. The first kappa shape index (κ1) is 13.9. The van der Waals surface area contributed by atoms with E-state index in [0.29, 0.717) is 30.5 Å². The third kappa shape index (κ3) is 2.32. The van der Waals surface area contributed by atoms with Crippen molar-refractivity contribution in [1.29, 1.82) is 0 Å². The first-order chi connectivity index (χ1) is 9.60. The van der Waals surface area contributed by atoms with Crippen molar-refractivity contribution < 1.29 is 14.6 Å². The summed E-state index contributed by atoms with van der Waals surface area (Å²) in [6, 6.07) is 3.60. The van der Waals surface area contributed by atoms with E-state index in [1.54, 1.807) is 6.07 Å². The van der Waals surface area contributed by atoms with Gasteiger partial charge in [-0.05, 0) is 30.0 Å². The molecule has 0 radical (unpaired) electrons. The molecule has 5 heteroatoms. The number of carbonyl (C=O) groups is 1. The standard InChI is InChI=1S/C15H18ClNO3/c1-9-11(2-3-12-13(9)8-20-15(12)19)14(18)7-17-5-10(4-16)6-17/h2-3,10,14,18H,4-8H2,1H3/t14-/m0/s1. The van der Waals surface area contributed by atoms with E-state index in [4.69, 9.17) is 16.3 Å². The maximum Gasteiger partial charge on any atom is 0.338 e. The molecule has 0 saturated carbocycles. The van der Waals surface area contributed by atoms with Gasteiger partial charge in [-0.3, -0.25) is 4.90 Å². The Morgan fingerprint density at radius 3 is 2.95 bits per heavy atom. The summed E-state index contributed by atoms with van der Waals surface area (Å²) in [6.45, 7) is 4.77. The van der Waals surface area contributed by atoms with Crippen LogP contribution in [0.2, 0.25) is 0 Å². The highest BCUT2D eigenvalue weighted by atomic mass is 35.5. The maximum absolute atomic E-state index is 11.5. The molecule has 0 bridgehead atoms. The Bertz CT molecular complexity index is 540. The molecule has 1 fully saturated rings. The molecule has 2 aliphatic heterocycles. The molecule has 1 aromatic carbocycles. The summed E-state index contributed by atoms with van der Waals surface area (Å²) in [5.41, 5.74) is 3.39. The van der Waals surface area contributed by atoms with Crippen molar-refractivity contribution in [3.05, 3.63) is 34.4 Å². The van der Waals surface area contributed by atoms with Gasteiger partial charge in [0.05, 0.1) is 11.7 Å². The molecule has 0 unspecified atom stereocenters. The number of halogens is 1. The van der Waals surface area contributed by atoms with Gasteiger partial charge in [-0.2, -0.15) is 0 Å². The molecule has 1 aromatic rings. The highest BCUT2D eigenvalue weighted by Crippen LogP contribution is 2.30. The van der Waals surface area contributed by atoms with Crippen molar-refractivity contribution in [2.75, 3.05) is 25.5 Å². The molecule has 3 rings (SSSR count). The Hall–Kier alpha value is -1.10. The molecule has 0 aromatic heterocycles. The summed E-state index contributed by atoms with van der Waals surface area (Å²) in [4.78, 5) is 13.7. The van der Waals surface area contributed by atoms with Gasteiger partial charge in [0.25, 0.3) is 0 Å². The number of alkyl halides is 1. The molecular weight excluding hydrogens is 278 g/mol. The topological polar surface area (TPSA) is 49.8 Å². The van der Waals surface area contributed by atoms with Crippen molar-refractivity contribution in [2.45, 2.75) is 19.6 Å². The molecule has 0 amide bonds. The van der Waals surface area contributed by atoms with Crippen LogP contribution in [0.1, 0.15) is 33.2 Å². The molecule has 20 heavy (non-hydrogen) atoms. The Morgan fingerprint density at radius 2 is 2.25 bits per heavy atom. The van der Waals surface area contributed by atoms with Crippen LogP contribution in [0.25, 0.3) is 0 Å². The molecule has 108 valence electrons. The number of esters is 1. The lowest BCUT2D eigenvalue weighted by atomic mass is 9.94. The minimum atomic E-state index is -0.535. The van der Waals surface area contributed by atoms with Crippen molar-refractivity contribution >= 4 is 17.6 Å². The lowest BCUT2D eigenvalue weighted by molar-refractivity contribution is 0.0473. The number of likely N-dealkylation sites (tertiary alicyclic amines) is 1. The summed E-state index contributed by atoms with van der Waals surface area (Å²) in [6.07, 6.45) is -0.535. The smallest absolute Gasteiger partial charge is 0.338 e. The van der Waals surface area contributed by atoms with Crippen LogP contribution in [0, 0.1) is 12.8 Å². The number of β-amino-alcohol motifs (C(OH)–C–C–N with tert-alkyl or cyclic N) is 1. The third-order valence-corrected chi connectivity index (χ3v) is 4.69. The minimum absolute atomic E-state index is 0.267. The second-order valence-electron chi connectivity index (χ2n) is 5.64. The number of ether oxygens (including phenoxy) is 1. The lowest BCUT2D eigenvalue weighted by Crippen LogP contribution is -2.49. The van der Waals surface area contributed by atoms with Gasteiger partial charge in [-0.25, -0.2) is 4.79 Å². The van der Waals surface area contributed by atoms with Gasteiger partial charge in [-0.15, -0.1) is 11.6 Å². The van der Waals surface area contributed by atoms with E-state index in [9.17, 15) is 9.90 Å². The molecule has 1 saturated heterocycles. The van der Waals surface area contributed by atoms with Gasteiger partial charge in [0.1, 0.15) is 6.61 Å². The number of carbonyl (C=O) groups excluding carboxylic acids is 1. The van der Waals surface area contributed by atoms with Crippen LogP contribution in [-0.2, 0) is 11.3 Å². The van der Waals surface area contributed by atoms with E-state index in [1.165, 1.54) is 0 Å². The van der Waals surface area contributed by atoms with Crippen LogP contribution < -0.4 is 0 Å². The zero-order valence-corrected chi connectivity index (χ0v) is 12.2. The van der Waals surface area contributed by atoms with E-state index in [-0.39, 0.29) is 5.97 Å². The Labute approximate surface area is 123 Å². The lowest BCUT2D eigenvalue weighted by Gasteiger charge is -2.39. The maximum atomic E-state index is 11.5. The first-order valence-corrected chi connectivity index (χ1v) is 7.39. The van der Waals surface area contributed by atoms with Gasteiger partial charge in [-0.1, -0.05) is 6.07 Å². The number of benzene rings is 1. The van der Waals surface area contributed by atoms with Gasteiger partial charge >= 0.3 is 5.97 Å². The number of nitrogens with zero attached hydrogens (tertiary/aromatic N) is 1. The van der Waals surface area contributed by atoms with Crippen LogP contribution in [0.3, 0.4) is 0 Å². The Balaban J connectivity index is 1.73. The summed E-state index contributed by atoms with van der Waals surface area (Å²) >= 11 is 5.79. The van der Waals surface area contributed by atoms with Crippen LogP contribution in [0.15, 0.2) is 12.1 Å². The van der Waals surface area contributed by atoms with Crippen molar-refractivity contribution in [3.63, 3.8) is 0 Å². The van der Waals surface area contributed by atoms with Crippen molar-refractivity contribution in [2.24, 2.45) is 5.92 Å². The normalized spacial score (nSPS) is 20.4. The van der Waals surface area contributed by atoms with Crippen molar-refractivity contribution in [3.8, 4) is 0 Å². The second kappa shape index (κ2) is 5.35. The van der Waals surface area contributed by atoms with Crippen LogP contribution in [-0.4, -0.2) is 41.5 Å². The van der Waals surface area contributed by atoms with Crippen molar-refractivity contribution in [1.82, 2.24) is 4.90 Å². The third-order valence-electron chi connectivity index (χ3n) is 4.25.